The van der Waals surface area contributed by atoms with Gasteiger partial charge in [0.15, 0.2) is 11.5 Å². The van der Waals surface area contributed by atoms with Crippen LogP contribution in [0.5, 0.6) is 0 Å². The van der Waals surface area contributed by atoms with E-state index in [-0.39, 0.29) is 0 Å². The van der Waals surface area contributed by atoms with Crippen molar-refractivity contribution in [2.24, 2.45) is 0 Å². The van der Waals surface area contributed by atoms with Gasteiger partial charge in [-0.1, -0.05) is 6.92 Å². The Kier molecular flexibility index (Phi) is 3.32. The molecule has 0 fully saturated rings. The van der Waals surface area contributed by atoms with E-state index in [0.29, 0.717) is 0 Å². The Labute approximate surface area is 144 Å². The number of hydrogen-bond donors (Lipinski definition) is 0. The van der Waals surface area contributed by atoms with Gasteiger partial charge in [-0.15, -0.1) is 27.8 Å². The molecular formula is C15H13BrN4S2. The van der Waals surface area contributed by atoms with Gasteiger partial charge in [0.2, 0.25) is 0 Å². The van der Waals surface area contributed by atoms with Crippen LogP contribution in [-0.4, -0.2) is 19.6 Å². The number of aromatic nitrogens is 4. The van der Waals surface area contributed by atoms with Crippen LogP contribution in [0.4, 0.5) is 0 Å². The predicted octanol–water partition coefficient (Wildman–Crippen LogP) is 5.01. The van der Waals surface area contributed by atoms with Gasteiger partial charge in [0, 0.05) is 14.2 Å². The van der Waals surface area contributed by atoms with Crippen LogP contribution >= 0.6 is 38.6 Å². The van der Waals surface area contributed by atoms with Gasteiger partial charge in [0.25, 0.3) is 0 Å². The molecule has 7 heteroatoms. The van der Waals surface area contributed by atoms with Crippen LogP contribution in [0.2, 0.25) is 0 Å². The molecule has 0 spiro atoms. The first kappa shape index (κ1) is 14.3. The van der Waals surface area contributed by atoms with Gasteiger partial charge in [-0.05, 0) is 47.8 Å². The fourth-order valence-corrected chi connectivity index (χ4v) is 5.32. The van der Waals surface area contributed by atoms with E-state index in [2.05, 4.69) is 52.9 Å². The number of fused-ring (bicyclic) bond motifs is 3. The maximum Gasteiger partial charge on any atom is 0.192 e. The molecule has 0 aliphatic rings. The molecule has 4 heterocycles. The smallest absolute Gasteiger partial charge is 0.192 e. The summed E-state index contributed by atoms with van der Waals surface area (Å²) in [5.41, 5.74) is 2.14. The zero-order valence-corrected chi connectivity index (χ0v) is 15.6. The van der Waals surface area contributed by atoms with Crippen LogP contribution in [-0.2, 0) is 6.42 Å². The molecule has 22 heavy (non-hydrogen) atoms. The SMILES string of the molecule is CCc1sc(-c2nc3c4c(C)c(C)sc4ncn3n2)cc1Br. The van der Waals surface area contributed by atoms with Crippen LogP contribution in [0.3, 0.4) is 0 Å². The Balaban J connectivity index is 1.98. The second-order valence-corrected chi connectivity index (χ2v) is 8.34. The van der Waals surface area contributed by atoms with E-state index < -0.39 is 0 Å². The van der Waals surface area contributed by atoms with Crippen molar-refractivity contribution < 1.29 is 0 Å². The van der Waals surface area contributed by atoms with E-state index in [0.717, 1.165) is 37.5 Å². The normalized spacial score (nSPS) is 11.8. The summed E-state index contributed by atoms with van der Waals surface area (Å²) in [4.78, 5) is 14.0. The van der Waals surface area contributed by atoms with Crippen LogP contribution in [0, 0.1) is 13.8 Å². The molecule has 4 rings (SSSR count). The molecule has 0 aliphatic heterocycles. The first-order valence-electron chi connectivity index (χ1n) is 6.98. The first-order chi connectivity index (χ1) is 10.6. The van der Waals surface area contributed by atoms with Crippen molar-refractivity contribution in [3.05, 3.63) is 32.2 Å². The van der Waals surface area contributed by atoms with Crippen LogP contribution in [0.1, 0.15) is 22.2 Å². The van der Waals surface area contributed by atoms with Gasteiger partial charge < -0.3 is 0 Å². The summed E-state index contributed by atoms with van der Waals surface area (Å²) in [5, 5.41) is 5.73. The molecule has 0 radical (unpaired) electrons. The van der Waals surface area contributed by atoms with Gasteiger partial charge in [0.1, 0.15) is 11.2 Å². The van der Waals surface area contributed by atoms with E-state index in [1.54, 1.807) is 33.5 Å². The zero-order chi connectivity index (χ0) is 15.4. The van der Waals surface area contributed by atoms with Crippen LogP contribution in [0.25, 0.3) is 26.6 Å². The van der Waals surface area contributed by atoms with Crippen LogP contribution in [0.15, 0.2) is 16.9 Å². The lowest BCUT2D eigenvalue weighted by molar-refractivity contribution is 0.940. The minimum absolute atomic E-state index is 0.767. The largest absolute Gasteiger partial charge is 0.225 e. The average molecular weight is 393 g/mol. The molecule has 0 saturated heterocycles. The third-order valence-corrected chi connectivity index (χ3v) is 7.17. The number of aryl methyl sites for hydroxylation is 3. The molecule has 112 valence electrons. The third-order valence-electron chi connectivity index (χ3n) is 3.80. The number of thiophene rings is 2. The standard InChI is InChI=1S/C15H13BrN4S2/c1-4-10-9(16)5-11(22-10)13-18-14-12-7(2)8(3)21-15(12)17-6-20(14)19-13/h5-6H,4H2,1-3H3. The van der Waals surface area contributed by atoms with Crippen molar-refractivity contribution >= 4 is 54.5 Å². The maximum atomic E-state index is 4.78. The Morgan fingerprint density at radius 1 is 1.27 bits per heavy atom. The summed E-state index contributed by atoms with van der Waals surface area (Å²) in [6.07, 6.45) is 2.76. The predicted molar refractivity (Wildman–Crippen MR) is 96.0 cm³/mol. The van der Waals surface area contributed by atoms with Crippen molar-refractivity contribution in [2.45, 2.75) is 27.2 Å². The van der Waals surface area contributed by atoms with Crippen molar-refractivity contribution in [1.29, 1.82) is 0 Å². The molecule has 0 saturated carbocycles. The Morgan fingerprint density at radius 3 is 2.82 bits per heavy atom. The minimum Gasteiger partial charge on any atom is -0.225 e. The molecular weight excluding hydrogens is 380 g/mol. The summed E-state index contributed by atoms with van der Waals surface area (Å²) in [6, 6.07) is 2.11. The maximum absolute atomic E-state index is 4.78. The second kappa shape index (κ2) is 5.11. The van der Waals surface area contributed by atoms with E-state index in [1.807, 2.05) is 0 Å². The van der Waals surface area contributed by atoms with Crippen molar-refractivity contribution in [2.75, 3.05) is 0 Å². The summed E-state index contributed by atoms with van der Waals surface area (Å²) in [7, 11) is 0. The van der Waals surface area contributed by atoms with Gasteiger partial charge >= 0.3 is 0 Å². The summed E-state index contributed by atoms with van der Waals surface area (Å²) < 4.78 is 2.93. The van der Waals surface area contributed by atoms with Gasteiger partial charge in [-0.25, -0.2) is 14.5 Å². The van der Waals surface area contributed by atoms with Crippen LogP contribution < -0.4 is 0 Å². The highest BCUT2D eigenvalue weighted by atomic mass is 79.9. The zero-order valence-electron chi connectivity index (χ0n) is 12.3. The first-order valence-corrected chi connectivity index (χ1v) is 9.40. The Hall–Kier alpha value is -1.31. The summed E-state index contributed by atoms with van der Waals surface area (Å²) in [5.74, 6) is 0.767. The highest BCUT2D eigenvalue weighted by Gasteiger charge is 2.16. The van der Waals surface area contributed by atoms with Gasteiger partial charge in [0.05, 0.1) is 10.3 Å². The molecule has 0 N–H and O–H groups in total. The Bertz CT molecular complexity index is 1010. The number of rotatable bonds is 2. The molecule has 0 unspecified atom stereocenters. The van der Waals surface area contributed by atoms with E-state index in [1.165, 1.54) is 15.3 Å². The fourth-order valence-electron chi connectivity index (χ4n) is 2.51. The lowest BCUT2D eigenvalue weighted by atomic mass is 10.2. The monoisotopic (exact) mass is 392 g/mol. The van der Waals surface area contributed by atoms with E-state index >= 15 is 0 Å². The lowest BCUT2D eigenvalue weighted by Gasteiger charge is -1.93. The fraction of sp³-hybridized carbons (Fsp3) is 0.267. The minimum atomic E-state index is 0.767. The number of halogens is 1. The topological polar surface area (TPSA) is 43.1 Å². The highest BCUT2D eigenvalue weighted by Crippen LogP contribution is 2.35. The van der Waals surface area contributed by atoms with Gasteiger partial charge in [-0.2, -0.15) is 0 Å². The van der Waals surface area contributed by atoms with E-state index in [9.17, 15) is 0 Å². The molecule has 0 bridgehead atoms. The number of nitrogens with zero attached hydrogens (tertiary/aromatic N) is 4. The van der Waals surface area contributed by atoms with Gasteiger partial charge in [-0.3, -0.25) is 0 Å². The molecule has 4 aromatic rings. The third kappa shape index (κ3) is 2.03. The lowest BCUT2D eigenvalue weighted by Crippen LogP contribution is -1.89. The number of hydrogen-bond acceptors (Lipinski definition) is 5. The highest BCUT2D eigenvalue weighted by molar-refractivity contribution is 9.10. The summed E-state index contributed by atoms with van der Waals surface area (Å²) in [6.45, 7) is 6.41. The van der Waals surface area contributed by atoms with Crippen molar-refractivity contribution in [3.8, 4) is 10.7 Å². The quantitative estimate of drug-likeness (QED) is 0.481. The molecule has 0 aromatic carbocycles. The summed E-state index contributed by atoms with van der Waals surface area (Å²) >= 11 is 7.06. The molecule has 0 aliphatic carbocycles. The Morgan fingerprint density at radius 2 is 2.09 bits per heavy atom. The van der Waals surface area contributed by atoms with Crippen molar-refractivity contribution in [3.63, 3.8) is 0 Å². The molecule has 4 aromatic heterocycles. The molecule has 0 amide bonds. The van der Waals surface area contributed by atoms with Crippen molar-refractivity contribution in [1.82, 2.24) is 19.6 Å². The molecule has 0 atom stereocenters. The second-order valence-electron chi connectivity index (χ2n) is 5.15. The average Bonchev–Trinajstić information content (AvgIpc) is 3.15. The van der Waals surface area contributed by atoms with E-state index in [4.69, 9.17) is 4.98 Å². The molecule has 4 nitrogen and oxygen atoms in total.